The van der Waals surface area contributed by atoms with Crippen molar-refractivity contribution in [1.29, 1.82) is 0 Å². The van der Waals surface area contributed by atoms with Crippen LogP contribution in [-0.2, 0) is 24.3 Å². The van der Waals surface area contributed by atoms with Crippen LogP contribution in [0.4, 0.5) is 0 Å². The predicted octanol–water partition coefficient (Wildman–Crippen LogP) is 2.10. The van der Waals surface area contributed by atoms with Crippen LogP contribution in [0, 0.1) is 5.92 Å². The smallest absolute Gasteiger partial charge is 0.338 e. The SMILES string of the molecule is CCOC(=O)c1ccc(S(=O)(=O)N[C@H](C(=O)OC)C(C)C)c(Br)c1. The molecule has 0 saturated carbocycles. The molecule has 0 saturated heterocycles. The van der Waals surface area contributed by atoms with Crippen molar-refractivity contribution >= 4 is 37.9 Å². The highest BCUT2D eigenvalue weighted by Gasteiger charge is 2.30. The van der Waals surface area contributed by atoms with Crippen molar-refractivity contribution < 1.29 is 27.5 Å². The first kappa shape index (κ1) is 20.6. The van der Waals surface area contributed by atoms with Gasteiger partial charge < -0.3 is 9.47 Å². The van der Waals surface area contributed by atoms with Crippen LogP contribution in [0.15, 0.2) is 27.6 Å². The van der Waals surface area contributed by atoms with Gasteiger partial charge in [0.15, 0.2) is 0 Å². The lowest BCUT2D eigenvalue weighted by Crippen LogP contribution is -2.45. The Bertz CT molecular complexity index is 717. The molecule has 0 unspecified atom stereocenters. The van der Waals surface area contributed by atoms with Crippen LogP contribution >= 0.6 is 15.9 Å². The molecule has 134 valence electrons. The van der Waals surface area contributed by atoms with Gasteiger partial charge in [0.1, 0.15) is 6.04 Å². The Morgan fingerprint density at radius 2 is 1.92 bits per heavy atom. The quantitative estimate of drug-likeness (QED) is 0.676. The van der Waals surface area contributed by atoms with Crippen LogP contribution in [0.2, 0.25) is 0 Å². The Balaban J connectivity index is 3.15. The van der Waals surface area contributed by atoms with E-state index < -0.39 is 28.0 Å². The van der Waals surface area contributed by atoms with E-state index in [4.69, 9.17) is 4.74 Å². The number of halogens is 1. The molecule has 1 N–H and O–H groups in total. The molecule has 0 amide bonds. The van der Waals surface area contributed by atoms with Gasteiger partial charge in [0.05, 0.1) is 24.2 Å². The van der Waals surface area contributed by atoms with Crippen molar-refractivity contribution in [1.82, 2.24) is 4.72 Å². The monoisotopic (exact) mass is 421 g/mol. The second-order valence-electron chi connectivity index (χ2n) is 5.23. The zero-order valence-electron chi connectivity index (χ0n) is 13.8. The van der Waals surface area contributed by atoms with Gasteiger partial charge in [0.25, 0.3) is 0 Å². The lowest BCUT2D eigenvalue weighted by atomic mass is 10.1. The van der Waals surface area contributed by atoms with E-state index in [1.807, 2.05) is 0 Å². The van der Waals surface area contributed by atoms with E-state index in [-0.39, 0.29) is 27.5 Å². The van der Waals surface area contributed by atoms with Crippen LogP contribution in [0.25, 0.3) is 0 Å². The van der Waals surface area contributed by atoms with Gasteiger partial charge in [0.2, 0.25) is 10.0 Å². The standard InChI is InChI=1S/C15H20BrNO6S/c1-5-23-14(18)10-6-7-12(11(16)8-10)24(20,21)17-13(9(2)3)15(19)22-4/h6-9,13,17H,5H2,1-4H3/t13-/m0/s1. The molecule has 7 nitrogen and oxygen atoms in total. The average Bonchev–Trinajstić information content (AvgIpc) is 2.51. The van der Waals surface area contributed by atoms with E-state index >= 15 is 0 Å². The maximum absolute atomic E-state index is 12.5. The summed E-state index contributed by atoms with van der Waals surface area (Å²) >= 11 is 3.14. The van der Waals surface area contributed by atoms with E-state index in [0.717, 1.165) is 0 Å². The molecule has 0 aromatic heterocycles. The number of benzene rings is 1. The number of sulfonamides is 1. The highest BCUT2D eigenvalue weighted by molar-refractivity contribution is 9.10. The third-order valence-electron chi connectivity index (χ3n) is 3.14. The summed E-state index contributed by atoms with van der Waals surface area (Å²) in [6.07, 6.45) is 0. The van der Waals surface area contributed by atoms with E-state index in [0.29, 0.717) is 0 Å². The number of nitrogens with one attached hydrogen (secondary N) is 1. The normalized spacial score (nSPS) is 12.8. The average molecular weight is 422 g/mol. The summed E-state index contributed by atoms with van der Waals surface area (Å²) in [5.41, 5.74) is 0.219. The maximum atomic E-state index is 12.5. The van der Waals surface area contributed by atoms with Gasteiger partial charge >= 0.3 is 11.9 Å². The number of methoxy groups -OCH3 is 1. The van der Waals surface area contributed by atoms with Gasteiger partial charge in [-0.2, -0.15) is 4.72 Å². The molecule has 9 heteroatoms. The number of carbonyl (C=O) groups is 2. The summed E-state index contributed by atoms with van der Waals surface area (Å²) in [6.45, 7) is 5.29. The lowest BCUT2D eigenvalue weighted by Gasteiger charge is -2.20. The van der Waals surface area contributed by atoms with Crippen LogP contribution in [0.5, 0.6) is 0 Å². The summed E-state index contributed by atoms with van der Waals surface area (Å²) in [6, 6.07) is 2.96. The predicted molar refractivity (Wildman–Crippen MR) is 91.1 cm³/mol. The molecule has 1 rings (SSSR count). The number of carbonyl (C=O) groups excluding carboxylic acids is 2. The van der Waals surface area contributed by atoms with Crippen LogP contribution < -0.4 is 4.72 Å². The third kappa shape index (κ3) is 5.02. The number of ether oxygens (including phenoxy) is 2. The number of esters is 2. The molecule has 1 aromatic rings. The summed E-state index contributed by atoms with van der Waals surface area (Å²) in [4.78, 5) is 23.3. The largest absolute Gasteiger partial charge is 0.468 e. The molecule has 0 spiro atoms. The van der Waals surface area contributed by atoms with E-state index in [1.165, 1.54) is 25.3 Å². The fourth-order valence-corrected chi connectivity index (χ4v) is 4.28. The molecule has 0 aliphatic rings. The molecule has 0 fully saturated rings. The molecule has 0 heterocycles. The molecule has 0 aliphatic carbocycles. The van der Waals surface area contributed by atoms with Gasteiger partial charge in [-0.3, -0.25) is 4.79 Å². The topological polar surface area (TPSA) is 98.8 Å². The second kappa shape index (κ2) is 8.59. The summed E-state index contributed by atoms with van der Waals surface area (Å²) in [7, 11) is -2.80. The first-order valence-corrected chi connectivity index (χ1v) is 9.48. The summed E-state index contributed by atoms with van der Waals surface area (Å²) < 4.78 is 37.1. The van der Waals surface area contributed by atoms with Gasteiger partial charge in [0, 0.05) is 4.47 Å². The van der Waals surface area contributed by atoms with E-state index in [2.05, 4.69) is 25.4 Å². The van der Waals surface area contributed by atoms with Crippen LogP contribution in [-0.4, -0.2) is 40.1 Å². The minimum absolute atomic E-state index is 0.0925. The zero-order chi connectivity index (χ0) is 18.5. The fraction of sp³-hybridized carbons (Fsp3) is 0.467. The third-order valence-corrected chi connectivity index (χ3v) is 5.55. The number of rotatable bonds is 7. The van der Waals surface area contributed by atoms with Crippen molar-refractivity contribution in [3.05, 3.63) is 28.2 Å². The first-order valence-electron chi connectivity index (χ1n) is 7.20. The van der Waals surface area contributed by atoms with Crippen LogP contribution in [0.1, 0.15) is 31.1 Å². The Kier molecular flexibility index (Phi) is 7.37. The van der Waals surface area contributed by atoms with Crippen molar-refractivity contribution in [2.45, 2.75) is 31.7 Å². The maximum Gasteiger partial charge on any atom is 0.338 e. The molecular formula is C15H20BrNO6S. The molecule has 0 aliphatic heterocycles. The highest BCUT2D eigenvalue weighted by atomic mass is 79.9. The molecule has 0 radical (unpaired) electrons. The Labute approximate surface area is 149 Å². The Morgan fingerprint density at radius 3 is 2.38 bits per heavy atom. The molecule has 1 atom stereocenters. The van der Waals surface area contributed by atoms with Gasteiger partial charge in [-0.1, -0.05) is 13.8 Å². The first-order chi connectivity index (χ1) is 11.1. The lowest BCUT2D eigenvalue weighted by molar-refractivity contribution is -0.143. The molecule has 24 heavy (non-hydrogen) atoms. The minimum atomic E-state index is -3.99. The summed E-state index contributed by atoms with van der Waals surface area (Å²) in [5, 5.41) is 0. The van der Waals surface area contributed by atoms with Crippen molar-refractivity contribution in [3.63, 3.8) is 0 Å². The van der Waals surface area contributed by atoms with E-state index in [1.54, 1.807) is 20.8 Å². The van der Waals surface area contributed by atoms with Gasteiger partial charge in [-0.05, 0) is 47.0 Å². The Hall–Kier alpha value is -1.45. The van der Waals surface area contributed by atoms with Gasteiger partial charge in [-0.25, -0.2) is 13.2 Å². The molecular weight excluding hydrogens is 402 g/mol. The van der Waals surface area contributed by atoms with Crippen LogP contribution in [0.3, 0.4) is 0 Å². The molecule has 0 bridgehead atoms. The number of hydrogen-bond acceptors (Lipinski definition) is 6. The molecule has 1 aromatic carbocycles. The highest BCUT2D eigenvalue weighted by Crippen LogP contribution is 2.24. The summed E-state index contributed by atoms with van der Waals surface area (Å²) in [5.74, 6) is -1.53. The number of hydrogen-bond donors (Lipinski definition) is 1. The van der Waals surface area contributed by atoms with E-state index in [9.17, 15) is 18.0 Å². The zero-order valence-corrected chi connectivity index (χ0v) is 16.2. The Morgan fingerprint density at radius 1 is 1.29 bits per heavy atom. The van der Waals surface area contributed by atoms with Crippen molar-refractivity contribution in [2.75, 3.05) is 13.7 Å². The van der Waals surface area contributed by atoms with Crippen molar-refractivity contribution in [3.8, 4) is 0 Å². The fourth-order valence-electron chi connectivity index (χ4n) is 1.87. The minimum Gasteiger partial charge on any atom is -0.468 e. The second-order valence-corrected chi connectivity index (χ2v) is 7.77. The van der Waals surface area contributed by atoms with Gasteiger partial charge in [-0.15, -0.1) is 0 Å². The van der Waals surface area contributed by atoms with Crippen molar-refractivity contribution in [2.24, 2.45) is 5.92 Å².